The molecule has 2 atom stereocenters. The highest BCUT2D eigenvalue weighted by molar-refractivity contribution is 5.82. The minimum absolute atomic E-state index is 0.0207. The van der Waals surface area contributed by atoms with Crippen molar-refractivity contribution in [2.45, 2.75) is 30.7 Å². The Labute approximate surface area is 137 Å². The number of fused-ring (bicyclic) bond motifs is 1. The molecule has 0 unspecified atom stereocenters. The maximum atomic E-state index is 12.5. The van der Waals surface area contributed by atoms with E-state index in [0.717, 1.165) is 19.4 Å². The number of nitrogens with zero attached hydrogens (tertiary/aromatic N) is 2. The molecule has 3 rings (SSSR count). The van der Waals surface area contributed by atoms with Crippen molar-refractivity contribution in [2.24, 2.45) is 0 Å². The number of carbonyl (C=O) groups is 2. The van der Waals surface area contributed by atoms with Gasteiger partial charge in [0.25, 0.3) is 0 Å². The molecule has 0 saturated carbocycles. The van der Waals surface area contributed by atoms with Crippen LogP contribution in [0, 0.1) is 0 Å². The first-order chi connectivity index (χ1) is 11.1. The second kappa shape index (κ2) is 6.32. The fraction of sp³-hybridized carbons (Fsp3) is 0.556. The highest BCUT2D eigenvalue weighted by atomic mass is 16.5. The second-order valence-corrected chi connectivity index (χ2v) is 6.58. The molecule has 124 valence electrons. The zero-order valence-electron chi connectivity index (χ0n) is 13.8. The van der Waals surface area contributed by atoms with Gasteiger partial charge in [-0.1, -0.05) is 30.3 Å². The standard InChI is InChI=1S/C18H24N2O3/c1-19-10-8-18(14-6-4-3-5-7-14)9-11-20(17(22)13-23-2)15(18)12-16(19)21/h3-7,15H,8-13H2,1-2H3/t15-,18-/m0/s1. The number of hydrogen-bond donors (Lipinski definition) is 0. The summed E-state index contributed by atoms with van der Waals surface area (Å²) in [6, 6.07) is 10.3. The summed E-state index contributed by atoms with van der Waals surface area (Å²) in [7, 11) is 3.38. The van der Waals surface area contributed by atoms with E-state index in [1.807, 2.05) is 30.1 Å². The highest BCUT2D eigenvalue weighted by Crippen LogP contribution is 2.46. The zero-order valence-corrected chi connectivity index (χ0v) is 13.8. The van der Waals surface area contributed by atoms with Gasteiger partial charge in [0, 0.05) is 39.1 Å². The fourth-order valence-electron chi connectivity index (χ4n) is 4.11. The largest absolute Gasteiger partial charge is 0.375 e. The first-order valence-corrected chi connectivity index (χ1v) is 8.16. The van der Waals surface area contributed by atoms with E-state index in [2.05, 4.69) is 12.1 Å². The second-order valence-electron chi connectivity index (χ2n) is 6.58. The number of amides is 2. The third kappa shape index (κ3) is 2.74. The molecule has 0 N–H and O–H groups in total. The first kappa shape index (κ1) is 16.0. The molecule has 1 aromatic rings. The van der Waals surface area contributed by atoms with Crippen LogP contribution >= 0.6 is 0 Å². The third-order valence-corrected chi connectivity index (χ3v) is 5.44. The van der Waals surface area contributed by atoms with Crippen LogP contribution in [-0.4, -0.2) is 61.5 Å². The van der Waals surface area contributed by atoms with E-state index in [4.69, 9.17) is 4.74 Å². The van der Waals surface area contributed by atoms with Gasteiger partial charge in [-0.2, -0.15) is 0 Å². The van der Waals surface area contributed by atoms with Crippen molar-refractivity contribution in [3.63, 3.8) is 0 Å². The summed E-state index contributed by atoms with van der Waals surface area (Å²) in [5.41, 5.74) is 1.10. The summed E-state index contributed by atoms with van der Waals surface area (Å²) in [5.74, 6) is 0.0950. The summed E-state index contributed by atoms with van der Waals surface area (Å²) < 4.78 is 5.03. The minimum atomic E-state index is -0.134. The van der Waals surface area contributed by atoms with Gasteiger partial charge in [-0.3, -0.25) is 9.59 Å². The van der Waals surface area contributed by atoms with Crippen LogP contribution in [0.15, 0.2) is 30.3 Å². The lowest BCUT2D eigenvalue weighted by molar-refractivity contribution is -0.138. The molecule has 2 aliphatic heterocycles. The maximum absolute atomic E-state index is 12.5. The van der Waals surface area contributed by atoms with E-state index >= 15 is 0 Å². The highest BCUT2D eigenvalue weighted by Gasteiger charge is 2.52. The molecule has 2 heterocycles. The summed E-state index contributed by atoms with van der Waals surface area (Å²) in [4.78, 5) is 28.5. The van der Waals surface area contributed by atoms with Gasteiger partial charge in [0.15, 0.2) is 0 Å². The van der Waals surface area contributed by atoms with Crippen LogP contribution in [0.1, 0.15) is 24.8 Å². The van der Waals surface area contributed by atoms with Gasteiger partial charge in [0.1, 0.15) is 6.61 Å². The monoisotopic (exact) mass is 316 g/mol. The van der Waals surface area contributed by atoms with E-state index in [-0.39, 0.29) is 29.9 Å². The Bertz CT molecular complexity index is 589. The molecule has 2 aliphatic rings. The van der Waals surface area contributed by atoms with Gasteiger partial charge in [-0.05, 0) is 18.4 Å². The lowest BCUT2D eigenvalue weighted by atomic mass is 9.71. The molecule has 0 aromatic heterocycles. The van der Waals surface area contributed by atoms with E-state index in [9.17, 15) is 9.59 Å². The minimum Gasteiger partial charge on any atom is -0.375 e. The van der Waals surface area contributed by atoms with Crippen molar-refractivity contribution in [1.29, 1.82) is 0 Å². The Kier molecular flexibility index (Phi) is 4.39. The Balaban J connectivity index is 2.00. The van der Waals surface area contributed by atoms with E-state index in [1.54, 1.807) is 4.90 Å². The lowest BCUT2D eigenvalue weighted by Crippen LogP contribution is -2.46. The van der Waals surface area contributed by atoms with Crippen molar-refractivity contribution < 1.29 is 14.3 Å². The average molecular weight is 316 g/mol. The number of methoxy groups -OCH3 is 1. The summed E-state index contributed by atoms with van der Waals surface area (Å²) in [6.45, 7) is 1.50. The van der Waals surface area contributed by atoms with Crippen LogP contribution < -0.4 is 0 Å². The SMILES string of the molecule is COCC(=O)N1CC[C@]2(c3ccccc3)CCN(C)C(=O)C[C@H]12. The molecule has 23 heavy (non-hydrogen) atoms. The number of likely N-dealkylation sites (tertiary alicyclic amines) is 2. The summed E-state index contributed by atoms with van der Waals surface area (Å²) in [5, 5.41) is 0. The van der Waals surface area contributed by atoms with Crippen LogP contribution in [0.2, 0.25) is 0 Å². The van der Waals surface area contributed by atoms with Crippen molar-refractivity contribution in [3.05, 3.63) is 35.9 Å². The Morgan fingerprint density at radius 1 is 1.26 bits per heavy atom. The van der Waals surface area contributed by atoms with Crippen LogP contribution in [0.3, 0.4) is 0 Å². The van der Waals surface area contributed by atoms with Gasteiger partial charge < -0.3 is 14.5 Å². The average Bonchev–Trinajstić information content (AvgIpc) is 2.87. The topological polar surface area (TPSA) is 49.9 Å². The zero-order chi connectivity index (χ0) is 16.4. The van der Waals surface area contributed by atoms with Gasteiger partial charge >= 0.3 is 0 Å². The molecule has 0 radical (unpaired) electrons. The number of carbonyl (C=O) groups excluding carboxylic acids is 2. The lowest BCUT2D eigenvalue weighted by Gasteiger charge is -2.36. The molecule has 2 amide bonds. The van der Waals surface area contributed by atoms with E-state index in [0.29, 0.717) is 13.0 Å². The predicted octanol–water partition coefficient (Wildman–Crippen LogP) is 1.42. The quantitative estimate of drug-likeness (QED) is 0.847. The fourth-order valence-corrected chi connectivity index (χ4v) is 4.11. The molecule has 5 nitrogen and oxygen atoms in total. The van der Waals surface area contributed by atoms with Crippen molar-refractivity contribution >= 4 is 11.8 Å². The van der Waals surface area contributed by atoms with Crippen molar-refractivity contribution in [2.75, 3.05) is 33.9 Å². The van der Waals surface area contributed by atoms with Crippen LogP contribution in [0.4, 0.5) is 0 Å². The molecule has 0 spiro atoms. The Morgan fingerprint density at radius 3 is 2.65 bits per heavy atom. The van der Waals surface area contributed by atoms with Gasteiger partial charge in [0.05, 0.1) is 6.04 Å². The molecule has 0 bridgehead atoms. The van der Waals surface area contributed by atoms with Crippen LogP contribution in [0.5, 0.6) is 0 Å². The molecular weight excluding hydrogens is 292 g/mol. The molecule has 1 aromatic carbocycles. The summed E-state index contributed by atoms with van der Waals surface area (Å²) in [6.07, 6.45) is 2.18. The molecular formula is C18H24N2O3. The number of rotatable bonds is 3. The van der Waals surface area contributed by atoms with Crippen molar-refractivity contribution in [1.82, 2.24) is 9.80 Å². The van der Waals surface area contributed by atoms with E-state index in [1.165, 1.54) is 12.7 Å². The van der Waals surface area contributed by atoms with Gasteiger partial charge in [-0.25, -0.2) is 0 Å². The smallest absolute Gasteiger partial charge is 0.248 e. The number of benzene rings is 1. The molecule has 0 aliphatic carbocycles. The normalized spacial score (nSPS) is 27.7. The van der Waals surface area contributed by atoms with Crippen LogP contribution in [-0.2, 0) is 19.7 Å². The number of ether oxygens (including phenoxy) is 1. The van der Waals surface area contributed by atoms with E-state index < -0.39 is 0 Å². The maximum Gasteiger partial charge on any atom is 0.248 e. The first-order valence-electron chi connectivity index (χ1n) is 8.16. The van der Waals surface area contributed by atoms with Gasteiger partial charge in [0.2, 0.25) is 11.8 Å². The molecule has 2 fully saturated rings. The van der Waals surface area contributed by atoms with Crippen molar-refractivity contribution in [3.8, 4) is 0 Å². The third-order valence-electron chi connectivity index (χ3n) is 5.44. The summed E-state index contributed by atoms with van der Waals surface area (Å²) >= 11 is 0. The Hall–Kier alpha value is -1.88. The number of hydrogen-bond acceptors (Lipinski definition) is 3. The Morgan fingerprint density at radius 2 is 1.96 bits per heavy atom. The molecule has 2 saturated heterocycles. The molecule has 5 heteroatoms. The predicted molar refractivity (Wildman–Crippen MR) is 87.0 cm³/mol. The van der Waals surface area contributed by atoms with Gasteiger partial charge in [-0.15, -0.1) is 0 Å². The van der Waals surface area contributed by atoms with Crippen LogP contribution in [0.25, 0.3) is 0 Å².